The lowest BCUT2D eigenvalue weighted by atomic mass is 10.1. The summed E-state index contributed by atoms with van der Waals surface area (Å²) in [5.41, 5.74) is 2.75. The highest BCUT2D eigenvalue weighted by molar-refractivity contribution is 6.02. The average molecular weight is 391 g/mol. The highest BCUT2D eigenvalue weighted by Crippen LogP contribution is 2.28. The number of hydrogen-bond donors (Lipinski definition) is 1. The van der Waals surface area contributed by atoms with Crippen molar-refractivity contribution in [1.82, 2.24) is 0 Å². The van der Waals surface area contributed by atoms with Gasteiger partial charge in [0.1, 0.15) is 6.07 Å². The lowest BCUT2D eigenvalue weighted by Gasteiger charge is -2.28. The van der Waals surface area contributed by atoms with Crippen molar-refractivity contribution < 1.29 is 14.3 Å². The van der Waals surface area contributed by atoms with Crippen molar-refractivity contribution in [2.45, 2.75) is 19.3 Å². The number of amides is 1. The van der Waals surface area contributed by atoms with Gasteiger partial charge in [0.05, 0.1) is 7.11 Å². The van der Waals surface area contributed by atoms with Gasteiger partial charge in [-0.2, -0.15) is 5.26 Å². The van der Waals surface area contributed by atoms with E-state index in [2.05, 4.69) is 22.3 Å². The molecule has 6 nitrogen and oxygen atoms in total. The number of benzene rings is 2. The molecule has 0 saturated carbocycles. The van der Waals surface area contributed by atoms with Gasteiger partial charge in [-0.1, -0.05) is 6.07 Å². The molecule has 150 valence electrons. The van der Waals surface area contributed by atoms with Crippen molar-refractivity contribution in [2.75, 3.05) is 37.0 Å². The highest BCUT2D eigenvalue weighted by Gasteiger charge is 2.10. The summed E-state index contributed by atoms with van der Waals surface area (Å²) >= 11 is 0. The van der Waals surface area contributed by atoms with E-state index >= 15 is 0 Å². The maximum atomic E-state index is 12.2. The molecule has 1 aliphatic rings. The Kier molecular flexibility index (Phi) is 7.12. The molecule has 2 aromatic rings. The molecule has 0 radical (unpaired) electrons. The van der Waals surface area contributed by atoms with Gasteiger partial charge >= 0.3 is 0 Å². The average Bonchev–Trinajstić information content (AvgIpc) is 2.77. The summed E-state index contributed by atoms with van der Waals surface area (Å²) < 4.78 is 10.6. The number of nitrogens with zero attached hydrogens (tertiary/aromatic N) is 2. The molecule has 1 N–H and O–H groups in total. The van der Waals surface area contributed by atoms with Crippen LogP contribution in [0.2, 0.25) is 0 Å². The summed E-state index contributed by atoms with van der Waals surface area (Å²) in [7, 11) is 1.53. The molecule has 0 aromatic heterocycles. The van der Waals surface area contributed by atoms with Crippen LogP contribution < -0.4 is 19.7 Å². The van der Waals surface area contributed by atoms with Gasteiger partial charge in [0.2, 0.25) is 5.91 Å². The molecule has 1 aliphatic heterocycles. The fraction of sp³-hybridized carbons (Fsp3) is 0.304. The number of carbonyl (C=O) groups is 1. The molecule has 2 aromatic carbocycles. The first-order valence-corrected chi connectivity index (χ1v) is 9.71. The standard InChI is InChI=1S/C23H25N3O3/c1-28-22-17-18(5-11-21(22)29-16-13-24)6-12-23(27)25-19-7-9-20(10-8-19)26-14-3-2-4-15-26/h5-12,17H,2-4,14-16H2,1H3,(H,25,27)/b12-6+. The smallest absolute Gasteiger partial charge is 0.248 e. The van der Waals surface area contributed by atoms with Gasteiger partial charge < -0.3 is 19.7 Å². The van der Waals surface area contributed by atoms with E-state index in [4.69, 9.17) is 14.7 Å². The second-order valence-electron chi connectivity index (χ2n) is 6.77. The van der Waals surface area contributed by atoms with Crippen LogP contribution in [-0.2, 0) is 4.79 Å². The summed E-state index contributed by atoms with van der Waals surface area (Å²) in [4.78, 5) is 14.6. The normalized spacial score (nSPS) is 13.7. The molecule has 1 amide bonds. The first-order chi connectivity index (χ1) is 14.2. The zero-order valence-corrected chi connectivity index (χ0v) is 16.6. The Labute approximate surface area is 171 Å². The number of piperidine rings is 1. The zero-order chi connectivity index (χ0) is 20.5. The Hall–Kier alpha value is -3.46. The minimum atomic E-state index is -0.209. The van der Waals surface area contributed by atoms with E-state index in [0.29, 0.717) is 11.5 Å². The summed E-state index contributed by atoms with van der Waals surface area (Å²) in [6.45, 7) is 2.14. The van der Waals surface area contributed by atoms with Crippen LogP contribution in [0.3, 0.4) is 0 Å². The third kappa shape index (κ3) is 5.76. The van der Waals surface area contributed by atoms with Crippen LogP contribution in [0.4, 0.5) is 11.4 Å². The fourth-order valence-corrected chi connectivity index (χ4v) is 3.28. The van der Waals surface area contributed by atoms with Gasteiger partial charge in [0, 0.05) is 30.5 Å². The van der Waals surface area contributed by atoms with Gasteiger partial charge in [0.15, 0.2) is 18.1 Å². The Morgan fingerprint density at radius 1 is 1.14 bits per heavy atom. The molecule has 3 rings (SSSR count). The molecule has 29 heavy (non-hydrogen) atoms. The predicted molar refractivity (Wildman–Crippen MR) is 114 cm³/mol. The summed E-state index contributed by atoms with van der Waals surface area (Å²) in [5.74, 6) is 0.792. The van der Waals surface area contributed by atoms with Crippen LogP contribution in [0.25, 0.3) is 6.08 Å². The molecular weight excluding hydrogens is 366 g/mol. The fourth-order valence-electron chi connectivity index (χ4n) is 3.28. The maximum Gasteiger partial charge on any atom is 0.248 e. The van der Waals surface area contributed by atoms with Crippen LogP contribution in [0, 0.1) is 11.3 Å². The quantitative estimate of drug-likeness (QED) is 0.715. The van der Waals surface area contributed by atoms with E-state index in [1.165, 1.54) is 38.1 Å². The molecule has 0 bridgehead atoms. The summed E-state index contributed by atoms with van der Waals surface area (Å²) in [6.07, 6.45) is 6.95. The number of nitrogens with one attached hydrogen (secondary N) is 1. The Morgan fingerprint density at radius 2 is 1.90 bits per heavy atom. The maximum absolute atomic E-state index is 12.2. The van der Waals surface area contributed by atoms with Gasteiger partial charge in [-0.3, -0.25) is 4.79 Å². The van der Waals surface area contributed by atoms with Gasteiger partial charge in [-0.15, -0.1) is 0 Å². The van der Waals surface area contributed by atoms with Crippen molar-refractivity contribution in [1.29, 1.82) is 5.26 Å². The first-order valence-electron chi connectivity index (χ1n) is 9.71. The number of rotatable bonds is 7. The van der Waals surface area contributed by atoms with Crippen LogP contribution in [-0.4, -0.2) is 32.7 Å². The molecule has 0 atom stereocenters. The van der Waals surface area contributed by atoms with E-state index in [-0.39, 0.29) is 12.5 Å². The largest absolute Gasteiger partial charge is 0.493 e. The molecule has 0 aliphatic carbocycles. The molecule has 6 heteroatoms. The van der Waals surface area contributed by atoms with Crippen molar-refractivity contribution in [3.05, 3.63) is 54.1 Å². The molecule has 1 saturated heterocycles. The van der Waals surface area contributed by atoms with Crippen LogP contribution in [0.5, 0.6) is 11.5 Å². The van der Waals surface area contributed by atoms with Crippen molar-refractivity contribution in [3.8, 4) is 17.6 Å². The molecular formula is C23H25N3O3. The van der Waals surface area contributed by atoms with Gasteiger partial charge in [-0.05, 0) is 67.3 Å². The molecule has 1 heterocycles. The lowest BCUT2D eigenvalue weighted by molar-refractivity contribution is -0.111. The summed E-state index contributed by atoms with van der Waals surface area (Å²) in [5, 5.41) is 11.5. The monoisotopic (exact) mass is 391 g/mol. The minimum absolute atomic E-state index is 0.0511. The lowest BCUT2D eigenvalue weighted by Crippen LogP contribution is -2.29. The van der Waals surface area contributed by atoms with Gasteiger partial charge in [-0.25, -0.2) is 0 Å². The topological polar surface area (TPSA) is 74.6 Å². The number of methoxy groups -OCH3 is 1. The molecule has 0 spiro atoms. The molecule has 1 fully saturated rings. The highest BCUT2D eigenvalue weighted by atomic mass is 16.5. The third-order valence-electron chi connectivity index (χ3n) is 4.76. The number of hydrogen-bond acceptors (Lipinski definition) is 5. The minimum Gasteiger partial charge on any atom is -0.493 e. The van der Waals surface area contributed by atoms with Crippen LogP contribution >= 0.6 is 0 Å². The van der Waals surface area contributed by atoms with E-state index in [0.717, 1.165) is 24.3 Å². The Morgan fingerprint density at radius 3 is 2.59 bits per heavy atom. The molecule has 0 unspecified atom stereocenters. The Balaban J connectivity index is 1.58. The van der Waals surface area contributed by atoms with E-state index in [1.807, 2.05) is 18.2 Å². The van der Waals surface area contributed by atoms with E-state index < -0.39 is 0 Å². The first kappa shape index (κ1) is 20.3. The van der Waals surface area contributed by atoms with Crippen LogP contribution in [0.15, 0.2) is 48.5 Å². The second kappa shape index (κ2) is 10.2. The van der Waals surface area contributed by atoms with Gasteiger partial charge in [0.25, 0.3) is 0 Å². The summed E-state index contributed by atoms with van der Waals surface area (Å²) in [6, 6.07) is 15.2. The van der Waals surface area contributed by atoms with Crippen molar-refractivity contribution in [3.63, 3.8) is 0 Å². The number of carbonyl (C=O) groups excluding carboxylic acids is 1. The third-order valence-corrected chi connectivity index (χ3v) is 4.76. The van der Waals surface area contributed by atoms with E-state index in [1.54, 1.807) is 24.3 Å². The zero-order valence-electron chi connectivity index (χ0n) is 16.6. The predicted octanol–water partition coefficient (Wildman–Crippen LogP) is 4.24. The second-order valence-corrected chi connectivity index (χ2v) is 6.77. The SMILES string of the molecule is COc1cc(/C=C/C(=O)Nc2ccc(N3CCCCC3)cc2)ccc1OCC#N. The van der Waals surface area contributed by atoms with Crippen molar-refractivity contribution in [2.24, 2.45) is 0 Å². The number of nitriles is 1. The van der Waals surface area contributed by atoms with E-state index in [9.17, 15) is 4.79 Å². The van der Waals surface area contributed by atoms with Crippen molar-refractivity contribution >= 4 is 23.4 Å². The Bertz CT molecular complexity index is 895. The number of anilines is 2. The number of ether oxygens (including phenoxy) is 2. The van der Waals surface area contributed by atoms with Crippen LogP contribution in [0.1, 0.15) is 24.8 Å².